The predicted molar refractivity (Wildman–Crippen MR) is 135 cm³/mol. The molecule has 30 heavy (non-hydrogen) atoms. The van der Waals surface area contributed by atoms with E-state index in [1.54, 1.807) is 0 Å². The molecule has 8 heteroatoms. The van der Waals surface area contributed by atoms with Crippen LogP contribution in [0.4, 0.5) is 0 Å². The molecule has 168 valence electrons. The van der Waals surface area contributed by atoms with Gasteiger partial charge in [0.15, 0.2) is 5.96 Å². The highest BCUT2D eigenvalue weighted by atomic mass is 127. The van der Waals surface area contributed by atoms with E-state index in [0.29, 0.717) is 17.4 Å². The van der Waals surface area contributed by atoms with E-state index in [4.69, 9.17) is 11.6 Å². The molecular formula is C22H35ClIN5O. The summed E-state index contributed by atoms with van der Waals surface area (Å²) in [5, 5.41) is 4.21. The minimum absolute atomic E-state index is 0. The molecule has 1 N–H and O–H groups in total. The van der Waals surface area contributed by atoms with Crippen LogP contribution in [0.25, 0.3) is 0 Å². The lowest BCUT2D eigenvalue weighted by Crippen LogP contribution is -2.54. The Kier molecular flexibility index (Phi) is 10.7. The van der Waals surface area contributed by atoms with Gasteiger partial charge in [0.2, 0.25) is 5.91 Å². The van der Waals surface area contributed by atoms with Crippen LogP contribution in [-0.4, -0.2) is 86.0 Å². The van der Waals surface area contributed by atoms with Crippen LogP contribution >= 0.6 is 35.6 Å². The number of benzene rings is 1. The Morgan fingerprint density at radius 1 is 1.13 bits per heavy atom. The molecule has 1 atom stereocenters. The molecule has 1 aromatic rings. The summed E-state index contributed by atoms with van der Waals surface area (Å²) in [4.78, 5) is 23.8. The summed E-state index contributed by atoms with van der Waals surface area (Å²) in [7, 11) is 1.84. The zero-order valence-corrected chi connectivity index (χ0v) is 21.2. The normalized spacial score (nSPS) is 18.8. The lowest BCUT2D eigenvalue weighted by Gasteiger charge is -2.37. The van der Waals surface area contributed by atoms with Crippen LogP contribution in [0.3, 0.4) is 0 Å². The van der Waals surface area contributed by atoms with Crippen molar-refractivity contribution in [3.8, 4) is 0 Å². The van der Waals surface area contributed by atoms with Crippen molar-refractivity contribution in [3.63, 3.8) is 0 Å². The lowest BCUT2D eigenvalue weighted by atomic mass is 10.1. The summed E-state index contributed by atoms with van der Waals surface area (Å²) in [5.74, 6) is 1.69. The number of carbonyl (C=O) groups is 1. The van der Waals surface area contributed by atoms with Crippen LogP contribution < -0.4 is 5.32 Å². The second-order valence-electron chi connectivity index (χ2n) is 8.22. The zero-order chi connectivity index (χ0) is 20.6. The van der Waals surface area contributed by atoms with E-state index in [1.807, 2.05) is 36.2 Å². The molecule has 2 heterocycles. The van der Waals surface area contributed by atoms with Crippen molar-refractivity contribution in [3.05, 3.63) is 34.9 Å². The summed E-state index contributed by atoms with van der Waals surface area (Å²) in [6.07, 6.45) is 3.08. The molecule has 0 spiro atoms. The number of likely N-dealkylation sites (tertiary alicyclic amines) is 1. The molecule has 2 aliphatic heterocycles. The molecule has 0 bridgehead atoms. The second-order valence-corrected chi connectivity index (χ2v) is 8.65. The molecule has 6 nitrogen and oxygen atoms in total. The van der Waals surface area contributed by atoms with E-state index in [9.17, 15) is 4.79 Å². The van der Waals surface area contributed by atoms with Gasteiger partial charge in [-0.2, -0.15) is 0 Å². The molecule has 2 aliphatic rings. The van der Waals surface area contributed by atoms with Crippen LogP contribution in [0.1, 0.15) is 25.3 Å². The van der Waals surface area contributed by atoms with E-state index in [0.717, 1.165) is 50.8 Å². The van der Waals surface area contributed by atoms with Crippen LogP contribution in [0.5, 0.6) is 0 Å². The van der Waals surface area contributed by atoms with Gasteiger partial charge in [0.05, 0.1) is 6.42 Å². The molecule has 2 saturated heterocycles. The number of piperazine rings is 1. The molecular weight excluding hydrogens is 513 g/mol. The first-order chi connectivity index (χ1) is 14.0. The first-order valence-corrected chi connectivity index (χ1v) is 11.1. The van der Waals surface area contributed by atoms with E-state index >= 15 is 0 Å². The molecule has 3 rings (SSSR count). The highest BCUT2D eigenvalue weighted by molar-refractivity contribution is 14.0. The minimum Gasteiger partial charge on any atom is -0.356 e. The van der Waals surface area contributed by atoms with E-state index in [1.165, 1.54) is 25.9 Å². The number of aliphatic imine (C=N–C) groups is 1. The fourth-order valence-electron chi connectivity index (χ4n) is 4.17. The number of rotatable bonds is 6. The van der Waals surface area contributed by atoms with Gasteiger partial charge in [-0.15, -0.1) is 24.0 Å². The Hall–Kier alpha value is -1.06. The van der Waals surface area contributed by atoms with Crippen LogP contribution in [-0.2, 0) is 11.2 Å². The van der Waals surface area contributed by atoms with Crippen LogP contribution in [0.15, 0.2) is 29.3 Å². The molecule has 2 fully saturated rings. The lowest BCUT2D eigenvalue weighted by molar-refractivity contribution is -0.131. The number of nitrogens with one attached hydrogen (secondary N) is 1. The third kappa shape index (κ3) is 7.57. The summed E-state index contributed by atoms with van der Waals surface area (Å²) in [5.41, 5.74) is 0.967. The van der Waals surface area contributed by atoms with Gasteiger partial charge in [-0.05, 0) is 49.5 Å². The predicted octanol–water partition coefficient (Wildman–Crippen LogP) is 2.95. The van der Waals surface area contributed by atoms with Gasteiger partial charge in [0, 0.05) is 51.3 Å². The van der Waals surface area contributed by atoms with Gasteiger partial charge in [-0.25, -0.2) is 0 Å². The van der Waals surface area contributed by atoms with Crippen molar-refractivity contribution in [1.29, 1.82) is 0 Å². The first kappa shape index (κ1) is 25.2. The van der Waals surface area contributed by atoms with Crippen molar-refractivity contribution in [2.45, 2.75) is 26.2 Å². The average molecular weight is 548 g/mol. The van der Waals surface area contributed by atoms with E-state index in [2.05, 4.69) is 27.0 Å². The van der Waals surface area contributed by atoms with Crippen molar-refractivity contribution in [1.82, 2.24) is 20.0 Å². The van der Waals surface area contributed by atoms with Crippen LogP contribution in [0.2, 0.25) is 5.02 Å². The Morgan fingerprint density at radius 3 is 2.43 bits per heavy atom. The highest BCUT2D eigenvalue weighted by Gasteiger charge is 2.23. The number of hydrogen-bond donors (Lipinski definition) is 1. The molecule has 0 saturated carbocycles. The van der Waals surface area contributed by atoms with E-state index < -0.39 is 0 Å². The van der Waals surface area contributed by atoms with Gasteiger partial charge in [-0.3, -0.25) is 9.79 Å². The monoisotopic (exact) mass is 547 g/mol. The molecule has 0 aromatic heterocycles. The van der Waals surface area contributed by atoms with Gasteiger partial charge < -0.3 is 20.0 Å². The van der Waals surface area contributed by atoms with Crippen molar-refractivity contribution >= 4 is 47.4 Å². The number of amides is 1. The Bertz CT molecular complexity index is 703. The quantitative estimate of drug-likeness (QED) is 0.338. The van der Waals surface area contributed by atoms with Gasteiger partial charge in [-0.1, -0.05) is 30.7 Å². The average Bonchev–Trinajstić information content (AvgIpc) is 3.22. The summed E-state index contributed by atoms with van der Waals surface area (Å²) < 4.78 is 0. The van der Waals surface area contributed by atoms with Gasteiger partial charge in [0.25, 0.3) is 0 Å². The molecule has 0 radical (unpaired) electrons. The fraction of sp³-hybridized carbons (Fsp3) is 0.636. The molecule has 0 aliphatic carbocycles. The smallest absolute Gasteiger partial charge is 0.227 e. The first-order valence-electron chi connectivity index (χ1n) is 10.8. The maximum atomic E-state index is 12.6. The number of carbonyl (C=O) groups excluding carboxylic acids is 1. The Balaban J connectivity index is 0.00000320. The third-order valence-electron chi connectivity index (χ3n) is 5.77. The number of guanidine groups is 1. The number of halogens is 2. The Morgan fingerprint density at radius 2 is 1.80 bits per heavy atom. The summed E-state index contributed by atoms with van der Waals surface area (Å²) in [6.45, 7) is 9.92. The Labute approximate surface area is 203 Å². The molecule has 1 unspecified atom stereocenters. The number of nitrogens with zero attached hydrogens (tertiary/aromatic N) is 4. The summed E-state index contributed by atoms with van der Waals surface area (Å²) in [6, 6.07) is 7.54. The zero-order valence-electron chi connectivity index (χ0n) is 18.1. The minimum atomic E-state index is 0. The maximum Gasteiger partial charge on any atom is 0.227 e. The summed E-state index contributed by atoms with van der Waals surface area (Å²) >= 11 is 6.03. The van der Waals surface area contributed by atoms with Gasteiger partial charge in [0.1, 0.15) is 0 Å². The van der Waals surface area contributed by atoms with E-state index in [-0.39, 0.29) is 29.9 Å². The van der Waals surface area contributed by atoms with Crippen molar-refractivity contribution in [2.24, 2.45) is 10.9 Å². The number of hydrogen-bond acceptors (Lipinski definition) is 3. The SMILES string of the molecule is CN=C(NCC(C)CN1CCCC1)N1CCN(C(=O)Cc2cccc(Cl)c2)CC1.I. The largest absolute Gasteiger partial charge is 0.356 e. The van der Waals surface area contributed by atoms with Crippen LogP contribution in [0, 0.1) is 5.92 Å². The fourth-order valence-corrected chi connectivity index (χ4v) is 4.38. The second kappa shape index (κ2) is 12.7. The molecule has 1 aromatic carbocycles. The van der Waals surface area contributed by atoms with Crippen molar-refractivity contribution in [2.75, 3.05) is 59.4 Å². The topological polar surface area (TPSA) is 51.2 Å². The van der Waals surface area contributed by atoms with Crippen molar-refractivity contribution < 1.29 is 4.79 Å². The maximum absolute atomic E-state index is 12.6. The molecule has 1 amide bonds. The van der Waals surface area contributed by atoms with Gasteiger partial charge >= 0.3 is 0 Å². The third-order valence-corrected chi connectivity index (χ3v) is 6.00. The highest BCUT2D eigenvalue weighted by Crippen LogP contribution is 2.13. The standard InChI is InChI=1S/C22H34ClN5O.HI/c1-18(17-26-8-3-4-9-26)16-25-22(24-2)28-12-10-27(11-13-28)21(29)15-19-6-5-7-20(23)14-19;/h5-7,14,18H,3-4,8-13,15-17H2,1-2H3,(H,24,25);1H.